The highest BCUT2D eigenvalue weighted by Crippen LogP contribution is 2.36. The highest BCUT2D eigenvalue weighted by atomic mass is 32.2. The van der Waals surface area contributed by atoms with Gasteiger partial charge in [-0.15, -0.1) is 0 Å². The van der Waals surface area contributed by atoms with Gasteiger partial charge in [-0.2, -0.15) is 5.11 Å². The van der Waals surface area contributed by atoms with Crippen molar-refractivity contribution in [3.63, 3.8) is 0 Å². The number of benzene rings is 1. The van der Waals surface area contributed by atoms with E-state index in [0.717, 1.165) is 21.2 Å². The second-order valence-electron chi connectivity index (χ2n) is 6.49. The largest absolute Gasteiger partial charge is 0.317 e. The zero-order valence-corrected chi connectivity index (χ0v) is 16.4. The van der Waals surface area contributed by atoms with Gasteiger partial charge in [-0.1, -0.05) is 31.7 Å². The third-order valence-corrected chi connectivity index (χ3v) is 5.24. The summed E-state index contributed by atoms with van der Waals surface area (Å²) in [6.45, 7) is 4.85. The van der Waals surface area contributed by atoms with Crippen LogP contribution in [0.15, 0.2) is 63.8 Å². The van der Waals surface area contributed by atoms with Gasteiger partial charge in [0, 0.05) is 36.0 Å². The highest BCUT2D eigenvalue weighted by Gasteiger charge is 2.21. The number of nitrogens with zero attached hydrogens (tertiary/aromatic N) is 5. The zero-order valence-electron chi connectivity index (χ0n) is 15.6. The summed E-state index contributed by atoms with van der Waals surface area (Å²) < 4.78 is 2.03. The molecule has 9 heteroatoms. The molecule has 0 amide bonds. The maximum Gasteiger partial charge on any atom is 0.270 e. The molecule has 0 fully saturated rings. The Kier molecular flexibility index (Phi) is 6.15. The predicted octanol–water partition coefficient (Wildman–Crippen LogP) is 5.04. The van der Waals surface area contributed by atoms with Crippen LogP contribution in [0.4, 0.5) is 5.69 Å². The Morgan fingerprint density at radius 2 is 2.04 bits per heavy atom. The maximum atomic E-state index is 11.1. The number of nitro groups is 1. The van der Waals surface area contributed by atoms with Crippen molar-refractivity contribution >= 4 is 17.4 Å². The van der Waals surface area contributed by atoms with Crippen molar-refractivity contribution in [2.24, 2.45) is 5.11 Å². The predicted molar refractivity (Wildman–Crippen MR) is 106 cm³/mol. The summed E-state index contributed by atoms with van der Waals surface area (Å²) in [5.41, 5.74) is 9.28. The van der Waals surface area contributed by atoms with Gasteiger partial charge in [-0.25, -0.2) is 10.5 Å². The Morgan fingerprint density at radius 3 is 2.68 bits per heavy atom. The Balaban J connectivity index is 2.07. The van der Waals surface area contributed by atoms with E-state index in [1.807, 2.05) is 22.8 Å². The topological polar surface area (TPSA) is 110 Å². The number of non-ortho nitro benzene ring substituents is 1. The lowest BCUT2D eigenvalue weighted by molar-refractivity contribution is -0.385. The summed E-state index contributed by atoms with van der Waals surface area (Å²) in [6, 6.07) is 10.4. The van der Waals surface area contributed by atoms with Crippen molar-refractivity contribution in [1.29, 1.82) is 5.53 Å². The minimum Gasteiger partial charge on any atom is -0.317 e. The van der Waals surface area contributed by atoms with E-state index in [1.165, 1.54) is 17.8 Å². The number of rotatable bonds is 8. The third-order valence-electron chi connectivity index (χ3n) is 4.13. The van der Waals surface area contributed by atoms with E-state index in [1.54, 1.807) is 24.5 Å². The molecule has 0 saturated heterocycles. The standard InChI is InChI=1S/C19H20N6O2S/c1-13(2)18-19(28-16-5-3-4-15(10-16)25(26)27)24(17(23-18)11-22-20)12-14-6-8-21-9-7-14/h3-10,13,20H,11-12H2,1-2H3. The van der Waals surface area contributed by atoms with Crippen LogP contribution in [0.1, 0.15) is 36.8 Å². The van der Waals surface area contributed by atoms with Gasteiger partial charge in [0.15, 0.2) is 0 Å². The van der Waals surface area contributed by atoms with Gasteiger partial charge in [-0.05, 0) is 29.7 Å². The molecule has 144 valence electrons. The van der Waals surface area contributed by atoms with E-state index in [4.69, 9.17) is 10.5 Å². The van der Waals surface area contributed by atoms with E-state index in [9.17, 15) is 10.1 Å². The number of hydrogen-bond acceptors (Lipinski definition) is 7. The molecule has 2 heterocycles. The first-order valence-corrected chi connectivity index (χ1v) is 9.55. The monoisotopic (exact) mass is 396 g/mol. The second kappa shape index (κ2) is 8.75. The van der Waals surface area contributed by atoms with E-state index in [0.29, 0.717) is 12.4 Å². The summed E-state index contributed by atoms with van der Waals surface area (Å²) >= 11 is 1.44. The number of nitro benzene ring substituents is 1. The molecule has 1 N–H and O–H groups in total. The fourth-order valence-corrected chi connectivity index (χ4v) is 4.00. The van der Waals surface area contributed by atoms with Crippen molar-refractivity contribution in [3.05, 3.63) is 76.0 Å². The SMILES string of the molecule is CC(C)c1nc(CN=N)n(Cc2ccncc2)c1Sc1cccc([N+](=O)[O-])c1. The Morgan fingerprint density at radius 1 is 1.29 bits per heavy atom. The lowest BCUT2D eigenvalue weighted by Gasteiger charge is -2.13. The third kappa shape index (κ3) is 4.42. The molecule has 0 bridgehead atoms. The first kappa shape index (κ1) is 19.7. The highest BCUT2D eigenvalue weighted by molar-refractivity contribution is 7.99. The molecular formula is C19H20N6O2S. The molecule has 0 saturated carbocycles. The van der Waals surface area contributed by atoms with Gasteiger partial charge in [0.1, 0.15) is 17.4 Å². The molecule has 28 heavy (non-hydrogen) atoms. The van der Waals surface area contributed by atoms with Crippen molar-refractivity contribution in [2.45, 2.75) is 42.8 Å². The minimum atomic E-state index is -0.397. The normalized spacial score (nSPS) is 11.0. The van der Waals surface area contributed by atoms with Gasteiger partial charge < -0.3 is 4.57 Å². The molecule has 0 spiro atoms. The smallest absolute Gasteiger partial charge is 0.270 e. The first-order valence-electron chi connectivity index (χ1n) is 8.73. The van der Waals surface area contributed by atoms with Gasteiger partial charge >= 0.3 is 0 Å². The molecule has 1 aromatic carbocycles. The molecule has 8 nitrogen and oxygen atoms in total. The van der Waals surface area contributed by atoms with Crippen LogP contribution in [0.3, 0.4) is 0 Å². The molecule has 0 aliphatic rings. The van der Waals surface area contributed by atoms with Crippen LogP contribution in [0.2, 0.25) is 0 Å². The summed E-state index contributed by atoms with van der Waals surface area (Å²) in [6.07, 6.45) is 3.47. The van der Waals surface area contributed by atoms with Crippen LogP contribution in [-0.2, 0) is 13.1 Å². The van der Waals surface area contributed by atoms with Crippen LogP contribution in [-0.4, -0.2) is 19.5 Å². The summed E-state index contributed by atoms with van der Waals surface area (Å²) in [7, 11) is 0. The first-order chi connectivity index (χ1) is 13.5. The number of nitrogens with one attached hydrogen (secondary N) is 1. The molecule has 2 aromatic heterocycles. The average molecular weight is 396 g/mol. The molecule has 0 atom stereocenters. The van der Waals surface area contributed by atoms with E-state index < -0.39 is 4.92 Å². The summed E-state index contributed by atoms with van der Waals surface area (Å²) in [4.78, 5) is 20.3. The number of pyridine rings is 1. The van der Waals surface area contributed by atoms with Crippen molar-refractivity contribution in [2.75, 3.05) is 0 Å². The molecule has 0 aliphatic heterocycles. The number of hydrogen-bond donors (Lipinski definition) is 1. The number of aromatic nitrogens is 3. The van der Waals surface area contributed by atoms with Crippen LogP contribution >= 0.6 is 11.8 Å². The van der Waals surface area contributed by atoms with Crippen LogP contribution in [0, 0.1) is 15.6 Å². The molecule has 3 rings (SSSR count). The van der Waals surface area contributed by atoms with Crippen molar-refractivity contribution in [1.82, 2.24) is 14.5 Å². The lowest BCUT2D eigenvalue weighted by Crippen LogP contribution is -2.06. The average Bonchev–Trinajstić information content (AvgIpc) is 3.01. The molecule has 0 aliphatic carbocycles. The fourth-order valence-electron chi connectivity index (χ4n) is 2.78. The summed E-state index contributed by atoms with van der Waals surface area (Å²) in [5.74, 6) is 0.854. The molecular weight excluding hydrogens is 376 g/mol. The Labute approximate surface area is 166 Å². The van der Waals surface area contributed by atoms with Gasteiger partial charge in [-0.3, -0.25) is 15.1 Å². The van der Waals surface area contributed by atoms with Gasteiger partial charge in [0.05, 0.1) is 10.6 Å². The van der Waals surface area contributed by atoms with Crippen molar-refractivity contribution in [3.8, 4) is 0 Å². The van der Waals surface area contributed by atoms with Crippen LogP contribution in [0.25, 0.3) is 0 Å². The van der Waals surface area contributed by atoms with Crippen LogP contribution in [0.5, 0.6) is 0 Å². The quantitative estimate of drug-likeness (QED) is 0.326. The second-order valence-corrected chi connectivity index (χ2v) is 7.55. The Hall–Kier alpha value is -3.07. The van der Waals surface area contributed by atoms with Gasteiger partial charge in [0.2, 0.25) is 0 Å². The fraction of sp³-hybridized carbons (Fsp3) is 0.263. The van der Waals surface area contributed by atoms with Crippen molar-refractivity contribution < 1.29 is 4.92 Å². The van der Waals surface area contributed by atoms with E-state index in [-0.39, 0.29) is 18.2 Å². The lowest BCUT2D eigenvalue weighted by atomic mass is 10.1. The Bertz CT molecular complexity index is 987. The minimum absolute atomic E-state index is 0.0534. The van der Waals surface area contributed by atoms with E-state index >= 15 is 0 Å². The summed E-state index contributed by atoms with van der Waals surface area (Å²) in [5, 5.41) is 15.5. The molecule has 0 radical (unpaired) electrons. The number of imidazole rings is 1. The maximum absolute atomic E-state index is 11.1. The molecule has 0 unspecified atom stereocenters. The van der Waals surface area contributed by atoms with Gasteiger partial charge in [0.25, 0.3) is 5.69 Å². The zero-order chi connectivity index (χ0) is 20.1. The van der Waals surface area contributed by atoms with Crippen LogP contribution < -0.4 is 0 Å². The molecule has 3 aromatic rings. The van der Waals surface area contributed by atoms with E-state index in [2.05, 4.69) is 23.9 Å².